The van der Waals surface area contributed by atoms with Crippen LogP contribution < -0.4 is 5.73 Å². The summed E-state index contributed by atoms with van der Waals surface area (Å²) in [6.45, 7) is 4.06. The molecule has 8 nitrogen and oxygen atoms in total. The number of phosphoric ester groups is 1. The Kier molecular flexibility index (Phi) is 40.2. The van der Waals surface area contributed by atoms with Gasteiger partial charge in [0.1, 0.15) is 6.61 Å². The summed E-state index contributed by atoms with van der Waals surface area (Å²) in [5, 5.41) is 0. The second kappa shape index (κ2) is 41.9. The van der Waals surface area contributed by atoms with Crippen molar-refractivity contribution in [1.29, 1.82) is 0 Å². The fourth-order valence-corrected chi connectivity index (χ4v) is 6.30. The first kappa shape index (κ1) is 51.8. The monoisotopic (exact) mass is 778 g/mol. The van der Waals surface area contributed by atoms with Crippen molar-refractivity contribution in [3.8, 4) is 0 Å². The average Bonchev–Trinajstić information content (AvgIpc) is 3.16. The lowest BCUT2D eigenvalue weighted by Gasteiger charge is -2.19. The van der Waals surface area contributed by atoms with Gasteiger partial charge in [0.15, 0.2) is 6.10 Å². The maximum atomic E-state index is 12.4. The zero-order valence-electron chi connectivity index (χ0n) is 34.4. The van der Waals surface area contributed by atoms with E-state index in [9.17, 15) is 14.3 Å². The van der Waals surface area contributed by atoms with Crippen LogP contribution in [0.15, 0.2) is 73.1 Å². The van der Waals surface area contributed by atoms with Gasteiger partial charge in [-0.25, -0.2) is 4.57 Å². The third kappa shape index (κ3) is 41.0. The normalized spacial score (nSPS) is 14.1. The second-order valence-corrected chi connectivity index (χ2v) is 15.3. The van der Waals surface area contributed by atoms with Crippen molar-refractivity contribution >= 4 is 13.8 Å². The molecule has 0 heterocycles. The molecule has 3 N–H and O–H groups in total. The number of hydrogen-bond donors (Lipinski definition) is 2. The molecule has 1 unspecified atom stereocenters. The number of esters is 1. The molecule has 0 aliphatic rings. The number of carbonyl (C=O) groups excluding carboxylic acids is 1. The number of phosphoric acid groups is 1. The first-order valence-corrected chi connectivity index (χ1v) is 23.0. The third-order valence-electron chi connectivity index (χ3n) is 8.73. The minimum Gasteiger partial charge on any atom is -0.492 e. The van der Waals surface area contributed by atoms with Crippen LogP contribution in [-0.2, 0) is 27.9 Å². The predicted octanol–water partition coefficient (Wildman–Crippen LogP) is 13.1. The van der Waals surface area contributed by atoms with Crippen molar-refractivity contribution in [3.05, 3.63) is 73.1 Å². The fourth-order valence-electron chi connectivity index (χ4n) is 5.54. The first-order valence-electron chi connectivity index (χ1n) is 21.5. The molecule has 0 saturated carbocycles. The molecule has 0 radical (unpaired) electrons. The Morgan fingerprint density at radius 1 is 0.593 bits per heavy atom. The summed E-state index contributed by atoms with van der Waals surface area (Å²) < 4.78 is 33.2. The zero-order chi connectivity index (χ0) is 39.5. The summed E-state index contributed by atoms with van der Waals surface area (Å²) in [5.74, 6) is -0.323. The van der Waals surface area contributed by atoms with Gasteiger partial charge >= 0.3 is 13.8 Å². The van der Waals surface area contributed by atoms with E-state index in [4.69, 9.17) is 24.3 Å². The van der Waals surface area contributed by atoms with Crippen molar-refractivity contribution in [2.45, 2.75) is 180 Å². The standard InChI is InChI=1S/C45H80NO7P/c1-3-5-7-9-11-13-15-17-19-21-22-23-24-26-28-30-32-34-36-38-45(47)51-42-44(43-53-54(48,49)52-41-39-46)50-40-37-35-33-31-29-27-25-20-18-16-14-12-10-8-6-4-2/h5,7,11,13,17,19,22-23,26,28,37,40,44H,3-4,6,8-10,12,14-16,18,20-21,24-25,27,29-36,38-39,41-43,46H2,1-2H3,(H,48,49)/b7-5-,13-11-,19-17-,23-22-,28-26-,40-37-/t44-/m1/s1. The molecule has 54 heavy (non-hydrogen) atoms. The van der Waals surface area contributed by atoms with Crippen LogP contribution in [0.1, 0.15) is 174 Å². The quantitative estimate of drug-likeness (QED) is 0.0208. The van der Waals surface area contributed by atoms with Gasteiger partial charge in [-0.3, -0.25) is 13.8 Å². The smallest absolute Gasteiger partial charge is 0.472 e. The maximum absolute atomic E-state index is 12.4. The molecule has 0 aromatic rings. The van der Waals surface area contributed by atoms with Gasteiger partial charge in [0, 0.05) is 13.0 Å². The molecule has 0 spiro atoms. The molecular weight excluding hydrogens is 697 g/mol. The molecule has 0 fully saturated rings. The van der Waals surface area contributed by atoms with Gasteiger partial charge in [0.05, 0.1) is 19.5 Å². The van der Waals surface area contributed by atoms with E-state index in [1.165, 1.54) is 83.5 Å². The molecule has 9 heteroatoms. The molecule has 312 valence electrons. The third-order valence-corrected chi connectivity index (χ3v) is 9.71. The molecular formula is C45H80NO7P. The number of rotatable bonds is 40. The van der Waals surface area contributed by atoms with Gasteiger partial charge in [-0.2, -0.15) is 0 Å². The molecule has 0 rings (SSSR count). The largest absolute Gasteiger partial charge is 0.492 e. The lowest BCUT2D eigenvalue weighted by atomic mass is 10.0. The summed E-state index contributed by atoms with van der Waals surface area (Å²) in [7, 11) is -4.28. The number of allylic oxidation sites excluding steroid dienone is 11. The first-order chi connectivity index (χ1) is 26.4. The lowest BCUT2D eigenvalue weighted by Crippen LogP contribution is -2.25. The molecule has 0 saturated heterocycles. The zero-order valence-corrected chi connectivity index (χ0v) is 35.3. The molecule has 0 aromatic heterocycles. The van der Waals surface area contributed by atoms with Crippen LogP contribution in [0.3, 0.4) is 0 Å². The highest BCUT2D eigenvalue weighted by molar-refractivity contribution is 7.47. The second-order valence-electron chi connectivity index (χ2n) is 13.9. The van der Waals surface area contributed by atoms with Crippen molar-refractivity contribution in [3.63, 3.8) is 0 Å². The Bertz CT molecular complexity index is 1050. The van der Waals surface area contributed by atoms with Gasteiger partial charge in [0.25, 0.3) is 0 Å². The van der Waals surface area contributed by atoms with Crippen LogP contribution >= 0.6 is 7.82 Å². The van der Waals surface area contributed by atoms with E-state index in [0.717, 1.165) is 70.6 Å². The van der Waals surface area contributed by atoms with E-state index < -0.39 is 13.9 Å². The number of carbonyl (C=O) groups is 1. The average molecular weight is 778 g/mol. The fraction of sp³-hybridized carbons (Fsp3) is 0.711. The van der Waals surface area contributed by atoms with Crippen LogP contribution in [0, 0.1) is 0 Å². The van der Waals surface area contributed by atoms with Gasteiger partial charge < -0.3 is 20.1 Å². The van der Waals surface area contributed by atoms with Crippen LogP contribution in [0.25, 0.3) is 0 Å². The minimum absolute atomic E-state index is 0.0844. The predicted molar refractivity (Wildman–Crippen MR) is 228 cm³/mol. The van der Waals surface area contributed by atoms with E-state index in [0.29, 0.717) is 6.42 Å². The van der Waals surface area contributed by atoms with Crippen LogP contribution in [0.4, 0.5) is 0 Å². The van der Waals surface area contributed by atoms with Crippen molar-refractivity contribution in [2.24, 2.45) is 5.73 Å². The van der Waals surface area contributed by atoms with Crippen LogP contribution in [-0.4, -0.2) is 43.3 Å². The van der Waals surface area contributed by atoms with Gasteiger partial charge in [-0.1, -0.05) is 164 Å². The Morgan fingerprint density at radius 3 is 1.57 bits per heavy atom. The van der Waals surface area contributed by atoms with E-state index >= 15 is 0 Å². The highest BCUT2D eigenvalue weighted by atomic mass is 31.2. The summed E-state index contributed by atoms with van der Waals surface area (Å²) in [6, 6.07) is 0. The summed E-state index contributed by atoms with van der Waals surface area (Å²) >= 11 is 0. The SMILES string of the molecule is CC/C=C\C/C=C\C/C=C\C/C=C\C/C=C\CCCCCC(=O)OC[C@H](COP(=O)(O)OCCN)O/C=C\CCCCCCCCCCCCCCCC. The highest BCUT2D eigenvalue weighted by Gasteiger charge is 2.24. The molecule has 0 aliphatic heterocycles. The van der Waals surface area contributed by atoms with E-state index in [2.05, 4.69) is 74.6 Å². The Hall–Kier alpha value is -2.22. The number of ether oxygens (including phenoxy) is 2. The van der Waals surface area contributed by atoms with Crippen molar-refractivity contribution in [1.82, 2.24) is 0 Å². The summed E-state index contributed by atoms with van der Waals surface area (Å²) in [5.41, 5.74) is 5.36. The summed E-state index contributed by atoms with van der Waals surface area (Å²) in [6.07, 6.45) is 53.0. The van der Waals surface area contributed by atoms with E-state index in [1.807, 2.05) is 6.08 Å². The number of unbranched alkanes of at least 4 members (excludes halogenated alkanes) is 17. The van der Waals surface area contributed by atoms with E-state index in [-0.39, 0.29) is 32.3 Å². The maximum Gasteiger partial charge on any atom is 0.472 e. The molecule has 0 bridgehead atoms. The number of hydrogen-bond acceptors (Lipinski definition) is 7. The topological polar surface area (TPSA) is 117 Å². The number of nitrogens with two attached hydrogens (primary N) is 1. The van der Waals surface area contributed by atoms with Gasteiger partial charge in [0.2, 0.25) is 0 Å². The molecule has 0 amide bonds. The summed E-state index contributed by atoms with van der Waals surface area (Å²) in [4.78, 5) is 22.3. The van der Waals surface area contributed by atoms with Crippen molar-refractivity contribution < 1.29 is 32.8 Å². The van der Waals surface area contributed by atoms with Crippen LogP contribution in [0.5, 0.6) is 0 Å². The molecule has 2 atom stereocenters. The Balaban J connectivity index is 4.16. The van der Waals surface area contributed by atoms with Crippen LogP contribution in [0.2, 0.25) is 0 Å². The molecule has 0 aliphatic carbocycles. The van der Waals surface area contributed by atoms with Gasteiger partial charge in [-0.15, -0.1) is 0 Å². The van der Waals surface area contributed by atoms with Gasteiger partial charge in [-0.05, 0) is 70.3 Å². The Labute approximate surface area is 331 Å². The Morgan fingerprint density at radius 2 is 1.06 bits per heavy atom. The van der Waals surface area contributed by atoms with E-state index in [1.54, 1.807) is 6.26 Å². The minimum atomic E-state index is -4.28. The molecule has 0 aromatic carbocycles. The highest BCUT2D eigenvalue weighted by Crippen LogP contribution is 2.43. The lowest BCUT2D eigenvalue weighted by molar-refractivity contribution is -0.147. The van der Waals surface area contributed by atoms with Crippen molar-refractivity contribution in [2.75, 3.05) is 26.4 Å².